The van der Waals surface area contributed by atoms with Crippen LogP contribution in [0.25, 0.3) is 10.8 Å². The SMILES string of the molecule is COc1ccc(C(=O)CS(=O)(=O)c2ccc3ccccc3c2)cc1. The third-order valence-corrected chi connectivity index (χ3v) is 5.43. The molecule has 0 radical (unpaired) electrons. The monoisotopic (exact) mass is 340 g/mol. The van der Waals surface area contributed by atoms with Crippen molar-refractivity contribution >= 4 is 26.4 Å². The van der Waals surface area contributed by atoms with Gasteiger partial charge in [0.15, 0.2) is 15.6 Å². The molecular weight excluding hydrogens is 324 g/mol. The zero-order valence-electron chi connectivity index (χ0n) is 13.1. The molecule has 0 amide bonds. The fourth-order valence-corrected chi connectivity index (χ4v) is 3.74. The number of carbonyl (C=O) groups is 1. The summed E-state index contributed by atoms with van der Waals surface area (Å²) in [5.41, 5.74) is 0.347. The van der Waals surface area contributed by atoms with Crippen LogP contribution in [0.3, 0.4) is 0 Å². The van der Waals surface area contributed by atoms with Gasteiger partial charge in [-0.05, 0) is 47.2 Å². The van der Waals surface area contributed by atoms with Gasteiger partial charge in [-0.1, -0.05) is 30.3 Å². The Labute approximate surface area is 140 Å². The summed E-state index contributed by atoms with van der Waals surface area (Å²) in [6.45, 7) is 0. The van der Waals surface area contributed by atoms with E-state index < -0.39 is 21.4 Å². The van der Waals surface area contributed by atoms with Crippen molar-refractivity contribution < 1.29 is 17.9 Å². The Hall–Kier alpha value is -2.66. The maximum Gasteiger partial charge on any atom is 0.185 e. The molecule has 0 aromatic heterocycles. The topological polar surface area (TPSA) is 60.4 Å². The second kappa shape index (κ2) is 6.45. The molecule has 122 valence electrons. The Bertz CT molecular complexity index is 989. The smallest absolute Gasteiger partial charge is 0.185 e. The highest BCUT2D eigenvalue weighted by Gasteiger charge is 2.20. The minimum atomic E-state index is -3.70. The molecule has 0 aliphatic heterocycles. The summed E-state index contributed by atoms with van der Waals surface area (Å²) in [7, 11) is -2.17. The van der Waals surface area contributed by atoms with Crippen molar-refractivity contribution in [2.45, 2.75) is 4.90 Å². The number of benzene rings is 3. The first-order valence-corrected chi connectivity index (χ1v) is 9.04. The molecule has 0 saturated carbocycles. The van der Waals surface area contributed by atoms with E-state index in [2.05, 4.69) is 0 Å². The number of ether oxygens (including phenoxy) is 1. The van der Waals surface area contributed by atoms with Crippen molar-refractivity contribution in [3.05, 3.63) is 72.3 Å². The molecule has 3 aromatic rings. The predicted molar refractivity (Wildman–Crippen MR) is 93.3 cm³/mol. The Balaban J connectivity index is 1.87. The predicted octanol–water partition coefficient (Wildman–Crippen LogP) is 3.51. The van der Waals surface area contributed by atoms with Gasteiger partial charge in [-0.2, -0.15) is 0 Å². The van der Waals surface area contributed by atoms with Crippen LogP contribution in [0.2, 0.25) is 0 Å². The maximum absolute atomic E-state index is 12.5. The average molecular weight is 340 g/mol. The van der Waals surface area contributed by atoms with Crippen LogP contribution in [-0.4, -0.2) is 27.1 Å². The normalized spacial score (nSPS) is 11.4. The third kappa shape index (κ3) is 3.31. The van der Waals surface area contributed by atoms with E-state index in [9.17, 15) is 13.2 Å². The fourth-order valence-electron chi connectivity index (χ4n) is 2.48. The van der Waals surface area contributed by atoms with Crippen LogP contribution in [-0.2, 0) is 9.84 Å². The van der Waals surface area contributed by atoms with E-state index in [1.807, 2.05) is 24.3 Å². The Kier molecular flexibility index (Phi) is 4.36. The van der Waals surface area contributed by atoms with E-state index in [0.29, 0.717) is 11.3 Å². The minimum Gasteiger partial charge on any atom is -0.497 e. The molecule has 0 atom stereocenters. The second-order valence-corrected chi connectivity index (χ2v) is 7.41. The molecule has 0 spiro atoms. The van der Waals surface area contributed by atoms with Crippen LogP contribution in [0.4, 0.5) is 0 Å². The summed E-state index contributed by atoms with van der Waals surface area (Å²) < 4.78 is 30.1. The van der Waals surface area contributed by atoms with E-state index in [1.54, 1.807) is 42.5 Å². The van der Waals surface area contributed by atoms with Crippen LogP contribution < -0.4 is 4.74 Å². The first-order chi connectivity index (χ1) is 11.5. The minimum absolute atomic E-state index is 0.156. The lowest BCUT2D eigenvalue weighted by Crippen LogP contribution is -2.16. The van der Waals surface area contributed by atoms with Gasteiger partial charge < -0.3 is 4.74 Å². The van der Waals surface area contributed by atoms with E-state index in [0.717, 1.165) is 10.8 Å². The summed E-state index contributed by atoms with van der Waals surface area (Å²) in [6.07, 6.45) is 0. The molecule has 24 heavy (non-hydrogen) atoms. The van der Waals surface area contributed by atoms with E-state index in [1.165, 1.54) is 7.11 Å². The van der Waals surface area contributed by atoms with Crippen molar-refractivity contribution in [3.8, 4) is 5.75 Å². The highest BCUT2D eigenvalue weighted by molar-refractivity contribution is 7.92. The summed E-state index contributed by atoms with van der Waals surface area (Å²) >= 11 is 0. The van der Waals surface area contributed by atoms with Crippen LogP contribution in [0.1, 0.15) is 10.4 Å². The zero-order valence-corrected chi connectivity index (χ0v) is 13.9. The van der Waals surface area contributed by atoms with Crippen LogP contribution >= 0.6 is 0 Å². The van der Waals surface area contributed by atoms with Gasteiger partial charge in [0.25, 0.3) is 0 Å². The summed E-state index contributed by atoms with van der Waals surface area (Å²) in [6, 6.07) is 18.8. The average Bonchev–Trinajstić information content (AvgIpc) is 2.61. The van der Waals surface area contributed by atoms with E-state index >= 15 is 0 Å². The van der Waals surface area contributed by atoms with Crippen molar-refractivity contribution in [2.24, 2.45) is 0 Å². The number of sulfone groups is 1. The van der Waals surface area contributed by atoms with Gasteiger partial charge in [-0.25, -0.2) is 8.42 Å². The Morgan fingerprint density at radius 3 is 2.25 bits per heavy atom. The highest BCUT2D eigenvalue weighted by Crippen LogP contribution is 2.21. The first kappa shape index (κ1) is 16.2. The maximum atomic E-state index is 12.5. The summed E-state index contributed by atoms with van der Waals surface area (Å²) in [4.78, 5) is 12.4. The van der Waals surface area contributed by atoms with Gasteiger partial charge in [0.2, 0.25) is 0 Å². The van der Waals surface area contributed by atoms with Crippen LogP contribution in [0.15, 0.2) is 71.6 Å². The fraction of sp³-hybridized carbons (Fsp3) is 0.105. The second-order valence-electron chi connectivity index (χ2n) is 5.42. The molecule has 0 aliphatic carbocycles. The first-order valence-electron chi connectivity index (χ1n) is 7.38. The van der Waals surface area contributed by atoms with Crippen molar-refractivity contribution in [1.82, 2.24) is 0 Å². The van der Waals surface area contributed by atoms with Gasteiger partial charge in [-0.15, -0.1) is 0 Å². The number of rotatable bonds is 5. The van der Waals surface area contributed by atoms with Crippen LogP contribution in [0, 0.1) is 0 Å². The van der Waals surface area contributed by atoms with E-state index in [-0.39, 0.29) is 4.90 Å². The number of fused-ring (bicyclic) bond motifs is 1. The van der Waals surface area contributed by atoms with Crippen LogP contribution in [0.5, 0.6) is 5.75 Å². The summed E-state index contributed by atoms with van der Waals surface area (Å²) in [5.74, 6) is -0.382. The lowest BCUT2D eigenvalue weighted by Gasteiger charge is -2.06. The molecule has 0 N–H and O–H groups in total. The van der Waals surface area contributed by atoms with Gasteiger partial charge in [0, 0.05) is 5.56 Å². The third-order valence-electron chi connectivity index (χ3n) is 3.81. The number of methoxy groups -OCH3 is 1. The summed E-state index contributed by atoms with van der Waals surface area (Å²) in [5, 5.41) is 1.79. The number of hydrogen-bond acceptors (Lipinski definition) is 4. The van der Waals surface area contributed by atoms with Crippen molar-refractivity contribution in [1.29, 1.82) is 0 Å². The number of hydrogen-bond donors (Lipinski definition) is 0. The van der Waals surface area contributed by atoms with Gasteiger partial charge >= 0.3 is 0 Å². The molecule has 5 heteroatoms. The molecule has 0 bridgehead atoms. The lowest BCUT2D eigenvalue weighted by atomic mass is 10.1. The van der Waals surface area contributed by atoms with Crippen molar-refractivity contribution in [3.63, 3.8) is 0 Å². The van der Waals surface area contributed by atoms with Crippen molar-refractivity contribution in [2.75, 3.05) is 12.9 Å². The van der Waals surface area contributed by atoms with E-state index in [4.69, 9.17) is 4.74 Å². The molecule has 0 unspecified atom stereocenters. The molecule has 0 heterocycles. The molecule has 0 aliphatic rings. The quantitative estimate of drug-likeness (QED) is 0.667. The molecular formula is C19H16O4S. The standard InChI is InChI=1S/C19H16O4S/c1-23-17-9-6-15(7-10-17)19(20)13-24(21,22)18-11-8-14-4-2-3-5-16(14)12-18/h2-12H,13H2,1H3. The lowest BCUT2D eigenvalue weighted by molar-refractivity contribution is 0.102. The molecule has 0 saturated heterocycles. The number of carbonyl (C=O) groups excluding carboxylic acids is 1. The largest absolute Gasteiger partial charge is 0.497 e. The number of ketones is 1. The number of Topliss-reactive ketones (excluding diaryl/α,β-unsaturated/α-hetero) is 1. The molecule has 0 fully saturated rings. The van der Waals surface area contributed by atoms with Gasteiger partial charge in [0.05, 0.1) is 12.0 Å². The Morgan fingerprint density at radius 2 is 1.58 bits per heavy atom. The van der Waals surface area contributed by atoms with Gasteiger partial charge in [0.1, 0.15) is 11.5 Å². The molecule has 4 nitrogen and oxygen atoms in total. The molecule has 3 rings (SSSR count). The zero-order chi connectivity index (χ0) is 17.2. The van der Waals surface area contributed by atoms with Gasteiger partial charge in [-0.3, -0.25) is 4.79 Å². The molecule has 3 aromatic carbocycles. The highest BCUT2D eigenvalue weighted by atomic mass is 32.2. The Morgan fingerprint density at radius 1 is 0.917 bits per heavy atom.